The zero-order valence-corrected chi connectivity index (χ0v) is 17.0. The molecule has 0 aliphatic heterocycles. The van der Waals surface area contributed by atoms with E-state index in [1.807, 2.05) is 12.1 Å². The number of rotatable bonds is 7. The van der Waals surface area contributed by atoms with Crippen LogP contribution in [0.15, 0.2) is 48.7 Å². The number of carbonyl (C=O) groups is 1. The van der Waals surface area contributed by atoms with Crippen LogP contribution in [0.5, 0.6) is 11.5 Å². The van der Waals surface area contributed by atoms with Crippen molar-refractivity contribution in [1.29, 1.82) is 5.26 Å². The summed E-state index contributed by atoms with van der Waals surface area (Å²) in [6.45, 7) is 2.05. The van der Waals surface area contributed by atoms with Crippen molar-refractivity contribution in [2.75, 3.05) is 20.8 Å². The Bertz CT molecular complexity index is 1110. The fraction of sp³-hybridized carbons (Fsp3) is 0.217. The van der Waals surface area contributed by atoms with Crippen molar-refractivity contribution in [1.82, 2.24) is 9.97 Å². The van der Waals surface area contributed by atoms with Gasteiger partial charge in [0.15, 0.2) is 0 Å². The summed E-state index contributed by atoms with van der Waals surface area (Å²) in [5, 5.41) is 9.32. The number of hydrogen-bond donors (Lipinski definition) is 0. The normalized spacial score (nSPS) is 10.2. The zero-order chi connectivity index (χ0) is 21.5. The molecular weight excluding hydrogens is 382 g/mol. The minimum absolute atomic E-state index is 0.295. The summed E-state index contributed by atoms with van der Waals surface area (Å²) in [7, 11) is 3.07. The fourth-order valence-corrected chi connectivity index (χ4v) is 3.00. The second kappa shape index (κ2) is 9.52. The molecule has 0 unspecified atom stereocenters. The molecule has 7 nitrogen and oxygen atoms in total. The highest BCUT2D eigenvalue weighted by atomic mass is 16.5. The summed E-state index contributed by atoms with van der Waals surface area (Å²) < 4.78 is 15.6. The van der Waals surface area contributed by atoms with E-state index in [9.17, 15) is 10.1 Å². The van der Waals surface area contributed by atoms with Crippen LogP contribution in [0.1, 0.15) is 34.2 Å². The SMILES string of the molecule is CCOC(=O)c1cc(Cc2nccc(-c3ccc(OC)c(C#N)c3)n2)cc(OC)c1. The minimum Gasteiger partial charge on any atom is -0.497 e. The minimum atomic E-state index is -0.408. The van der Waals surface area contributed by atoms with Gasteiger partial charge in [-0.25, -0.2) is 14.8 Å². The Hall–Kier alpha value is -3.92. The van der Waals surface area contributed by atoms with Crippen molar-refractivity contribution in [3.05, 3.63) is 71.2 Å². The summed E-state index contributed by atoms with van der Waals surface area (Å²) in [5.74, 6) is 1.23. The van der Waals surface area contributed by atoms with Crippen LogP contribution in [0.2, 0.25) is 0 Å². The van der Waals surface area contributed by atoms with Crippen molar-refractivity contribution < 1.29 is 19.0 Å². The van der Waals surface area contributed by atoms with Crippen LogP contribution in [0.4, 0.5) is 0 Å². The van der Waals surface area contributed by atoms with Crippen molar-refractivity contribution >= 4 is 5.97 Å². The van der Waals surface area contributed by atoms with E-state index >= 15 is 0 Å². The number of nitrogens with zero attached hydrogens (tertiary/aromatic N) is 3. The number of nitriles is 1. The van der Waals surface area contributed by atoms with E-state index in [2.05, 4.69) is 16.0 Å². The molecule has 7 heteroatoms. The van der Waals surface area contributed by atoms with E-state index in [1.165, 1.54) is 7.11 Å². The predicted molar refractivity (Wildman–Crippen MR) is 110 cm³/mol. The van der Waals surface area contributed by atoms with E-state index in [1.54, 1.807) is 50.6 Å². The Kier molecular flexibility index (Phi) is 6.60. The maximum absolute atomic E-state index is 12.1. The molecule has 1 aromatic heterocycles. The molecule has 0 aliphatic rings. The maximum atomic E-state index is 12.1. The molecule has 1 heterocycles. The van der Waals surface area contributed by atoms with Gasteiger partial charge in [-0.3, -0.25) is 0 Å². The van der Waals surface area contributed by atoms with Crippen molar-refractivity contribution in [3.8, 4) is 28.8 Å². The molecule has 0 spiro atoms. The van der Waals surface area contributed by atoms with Gasteiger partial charge < -0.3 is 14.2 Å². The van der Waals surface area contributed by atoms with Gasteiger partial charge in [0.25, 0.3) is 0 Å². The number of hydrogen-bond acceptors (Lipinski definition) is 7. The molecule has 0 saturated carbocycles. The average Bonchev–Trinajstić information content (AvgIpc) is 2.78. The van der Waals surface area contributed by atoms with Crippen LogP contribution in [-0.4, -0.2) is 36.8 Å². The molecule has 0 fully saturated rings. The third kappa shape index (κ3) is 4.73. The smallest absolute Gasteiger partial charge is 0.338 e. The molecule has 0 N–H and O–H groups in total. The highest BCUT2D eigenvalue weighted by Crippen LogP contribution is 2.25. The highest BCUT2D eigenvalue weighted by Gasteiger charge is 2.12. The molecule has 3 aromatic rings. The summed E-state index contributed by atoms with van der Waals surface area (Å²) in [6, 6.07) is 14.4. The van der Waals surface area contributed by atoms with Gasteiger partial charge in [0, 0.05) is 18.2 Å². The summed E-state index contributed by atoms with van der Waals surface area (Å²) in [6.07, 6.45) is 2.07. The lowest BCUT2D eigenvalue weighted by Crippen LogP contribution is -2.06. The van der Waals surface area contributed by atoms with Gasteiger partial charge in [0.1, 0.15) is 23.4 Å². The van der Waals surface area contributed by atoms with Crippen LogP contribution >= 0.6 is 0 Å². The Morgan fingerprint density at radius 2 is 1.93 bits per heavy atom. The van der Waals surface area contributed by atoms with Crippen molar-refractivity contribution in [2.45, 2.75) is 13.3 Å². The second-order valence-electron chi connectivity index (χ2n) is 6.35. The number of benzene rings is 2. The van der Waals surface area contributed by atoms with Crippen LogP contribution in [0.25, 0.3) is 11.3 Å². The first kappa shape index (κ1) is 20.8. The summed E-state index contributed by atoms with van der Waals surface area (Å²) in [5.41, 5.74) is 3.14. The van der Waals surface area contributed by atoms with E-state index in [0.717, 1.165) is 11.1 Å². The molecule has 0 saturated heterocycles. The molecule has 0 aliphatic carbocycles. The van der Waals surface area contributed by atoms with E-state index in [0.29, 0.717) is 47.2 Å². The van der Waals surface area contributed by atoms with Crippen molar-refractivity contribution in [3.63, 3.8) is 0 Å². The standard InChI is InChI=1S/C23H21N3O4/c1-4-30-23(27)17-9-15(10-19(13-17)28-2)11-22-25-8-7-20(26-22)16-5-6-21(29-3)18(12-16)14-24/h5-10,12-13H,4,11H2,1-3H3. The van der Waals surface area contributed by atoms with Gasteiger partial charge in [0.2, 0.25) is 0 Å². The van der Waals surface area contributed by atoms with Crippen LogP contribution in [-0.2, 0) is 11.2 Å². The zero-order valence-electron chi connectivity index (χ0n) is 17.0. The van der Waals surface area contributed by atoms with Crippen LogP contribution in [0.3, 0.4) is 0 Å². The van der Waals surface area contributed by atoms with Crippen LogP contribution in [0, 0.1) is 11.3 Å². The Morgan fingerprint density at radius 3 is 2.63 bits per heavy atom. The third-order valence-electron chi connectivity index (χ3n) is 4.40. The van der Waals surface area contributed by atoms with Gasteiger partial charge in [-0.05, 0) is 55.0 Å². The molecule has 152 valence electrons. The van der Waals surface area contributed by atoms with Gasteiger partial charge in [-0.2, -0.15) is 5.26 Å². The molecule has 0 amide bonds. The summed E-state index contributed by atoms with van der Waals surface area (Å²) >= 11 is 0. The largest absolute Gasteiger partial charge is 0.497 e. The van der Waals surface area contributed by atoms with Crippen LogP contribution < -0.4 is 9.47 Å². The summed E-state index contributed by atoms with van der Waals surface area (Å²) in [4.78, 5) is 21.1. The quantitative estimate of drug-likeness (QED) is 0.554. The predicted octanol–water partition coefficient (Wildman–Crippen LogP) is 3.80. The first-order chi connectivity index (χ1) is 14.6. The topological polar surface area (TPSA) is 94.3 Å². The average molecular weight is 403 g/mol. The number of esters is 1. The molecule has 0 bridgehead atoms. The van der Waals surface area contributed by atoms with E-state index in [4.69, 9.17) is 14.2 Å². The lowest BCUT2D eigenvalue weighted by atomic mass is 10.1. The maximum Gasteiger partial charge on any atom is 0.338 e. The molecule has 3 rings (SSSR count). The number of methoxy groups -OCH3 is 2. The first-order valence-electron chi connectivity index (χ1n) is 9.33. The number of carbonyl (C=O) groups excluding carboxylic acids is 1. The Balaban J connectivity index is 1.91. The lowest BCUT2D eigenvalue weighted by molar-refractivity contribution is 0.0526. The second-order valence-corrected chi connectivity index (χ2v) is 6.35. The van der Waals surface area contributed by atoms with Crippen molar-refractivity contribution in [2.24, 2.45) is 0 Å². The molecule has 0 radical (unpaired) electrons. The molecule has 0 atom stereocenters. The Morgan fingerprint density at radius 1 is 1.10 bits per heavy atom. The molecular formula is C23H21N3O4. The van der Waals surface area contributed by atoms with E-state index < -0.39 is 5.97 Å². The van der Waals surface area contributed by atoms with Gasteiger partial charge >= 0.3 is 5.97 Å². The first-order valence-corrected chi connectivity index (χ1v) is 9.33. The van der Waals surface area contributed by atoms with Gasteiger partial charge in [0.05, 0.1) is 37.6 Å². The number of ether oxygens (including phenoxy) is 3. The van der Waals surface area contributed by atoms with Gasteiger partial charge in [-0.1, -0.05) is 0 Å². The monoisotopic (exact) mass is 403 g/mol. The number of aromatic nitrogens is 2. The lowest BCUT2D eigenvalue weighted by Gasteiger charge is -2.10. The fourth-order valence-electron chi connectivity index (χ4n) is 3.00. The molecule has 2 aromatic carbocycles. The van der Waals surface area contributed by atoms with Gasteiger partial charge in [-0.15, -0.1) is 0 Å². The molecule has 30 heavy (non-hydrogen) atoms. The Labute approximate surface area is 174 Å². The third-order valence-corrected chi connectivity index (χ3v) is 4.40. The highest BCUT2D eigenvalue weighted by molar-refractivity contribution is 5.90. The van der Waals surface area contributed by atoms with E-state index in [-0.39, 0.29) is 0 Å².